The minimum Gasteiger partial charge on any atom is -0.496 e. The SMILES string of the molecule is CCCCCN(C)c1cccc(OC)c1[C@H](C)O. The number of nitrogens with zero attached hydrogens (tertiary/aromatic N) is 1. The number of unbranched alkanes of at least 4 members (excludes halogenated alkanes) is 2. The lowest BCUT2D eigenvalue weighted by Gasteiger charge is -2.25. The van der Waals surface area contributed by atoms with Crippen LogP contribution in [0.1, 0.15) is 44.8 Å². The van der Waals surface area contributed by atoms with E-state index in [0.717, 1.165) is 23.5 Å². The van der Waals surface area contributed by atoms with E-state index in [4.69, 9.17) is 4.74 Å². The van der Waals surface area contributed by atoms with Crippen LogP contribution in [-0.2, 0) is 0 Å². The Hall–Kier alpha value is -1.22. The molecule has 0 aliphatic carbocycles. The van der Waals surface area contributed by atoms with Gasteiger partial charge in [0.05, 0.1) is 13.2 Å². The standard InChI is InChI=1S/C15H25NO2/c1-5-6-7-11-16(3)13-9-8-10-14(18-4)15(13)12(2)17/h8-10,12,17H,5-7,11H2,1-4H3/t12-/m0/s1. The molecule has 3 heteroatoms. The molecule has 0 aliphatic rings. The normalized spacial score (nSPS) is 12.3. The van der Waals surface area contributed by atoms with Gasteiger partial charge in [-0.25, -0.2) is 0 Å². The second-order valence-electron chi connectivity index (χ2n) is 4.70. The quantitative estimate of drug-likeness (QED) is 0.754. The molecular formula is C15H25NO2. The van der Waals surface area contributed by atoms with E-state index in [1.54, 1.807) is 14.0 Å². The molecule has 0 aromatic heterocycles. The third-order valence-electron chi connectivity index (χ3n) is 3.19. The van der Waals surface area contributed by atoms with Crippen LogP contribution in [0.5, 0.6) is 5.75 Å². The van der Waals surface area contributed by atoms with Gasteiger partial charge in [0.15, 0.2) is 0 Å². The summed E-state index contributed by atoms with van der Waals surface area (Å²) < 4.78 is 5.34. The molecular weight excluding hydrogens is 226 g/mol. The molecule has 0 saturated heterocycles. The van der Waals surface area contributed by atoms with E-state index in [1.807, 2.05) is 18.2 Å². The zero-order valence-corrected chi connectivity index (χ0v) is 11.9. The summed E-state index contributed by atoms with van der Waals surface area (Å²) in [7, 11) is 3.71. The highest BCUT2D eigenvalue weighted by Gasteiger charge is 2.16. The van der Waals surface area contributed by atoms with E-state index in [-0.39, 0.29) is 0 Å². The van der Waals surface area contributed by atoms with Gasteiger partial charge in [-0.3, -0.25) is 0 Å². The summed E-state index contributed by atoms with van der Waals surface area (Å²) in [5.41, 5.74) is 1.93. The van der Waals surface area contributed by atoms with Gasteiger partial charge in [-0.2, -0.15) is 0 Å². The molecule has 1 aromatic carbocycles. The van der Waals surface area contributed by atoms with Crippen LogP contribution in [0.2, 0.25) is 0 Å². The minimum absolute atomic E-state index is 0.523. The number of rotatable bonds is 7. The van der Waals surface area contributed by atoms with E-state index < -0.39 is 6.10 Å². The first-order valence-corrected chi connectivity index (χ1v) is 6.67. The second-order valence-corrected chi connectivity index (χ2v) is 4.70. The lowest BCUT2D eigenvalue weighted by Crippen LogP contribution is -2.20. The average Bonchev–Trinajstić information content (AvgIpc) is 2.37. The maximum absolute atomic E-state index is 9.93. The number of ether oxygens (including phenoxy) is 1. The Balaban J connectivity index is 2.92. The van der Waals surface area contributed by atoms with Crippen molar-refractivity contribution in [3.8, 4) is 5.75 Å². The Labute approximate surface area is 110 Å². The molecule has 0 radical (unpaired) electrons. The van der Waals surface area contributed by atoms with Gasteiger partial charge in [0.25, 0.3) is 0 Å². The monoisotopic (exact) mass is 251 g/mol. The molecule has 18 heavy (non-hydrogen) atoms. The maximum atomic E-state index is 9.93. The van der Waals surface area contributed by atoms with Crippen LogP contribution in [-0.4, -0.2) is 25.8 Å². The van der Waals surface area contributed by atoms with Crippen LogP contribution in [0.25, 0.3) is 0 Å². The lowest BCUT2D eigenvalue weighted by atomic mass is 10.1. The van der Waals surface area contributed by atoms with Crippen molar-refractivity contribution in [2.75, 3.05) is 25.6 Å². The highest BCUT2D eigenvalue weighted by Crippen LogP contribution is 2.34. The van der Waals surface area contributed by atoms with Crippen molar-refractivity contribution >= 4 is 5.69 Å². The van der Waals surface area contributed by atoms with E-state index in [2.05, 4.69) is 18.9 Å². The second kappa shape index (κ2) is 7.27. The molecule has 0 heterocycles. The fourth-order valence-corrected chi connectivity index (χ4v) is 2.18. The van der Waals surface area contributed by atoms with Crippen LogP contribution in [0.3, 0.4) is 0 Å². The Kier molecular flexibility index (Phi) is 5.99. The Morgan fingerprint density at radius 2 is 2.06 bits per heavy atom. The van der Waals surface area contributed by atoms with Gasteiger partial charge in [0, 0.05) is 24.8 Å². The molecule has 0 aliphatic heterocycles. The third-order valence-corrected chi connectivity index (χ3v) is 3.19. The summed E-state index contributed by atoms with van der Waals surface area (Å²) in [5.74, 6) is 0.754. The molecule has 0 spiro atoms. The van der Waals surface area contributed by atoms with Gasteiger partial charge < -0.3 is 14.7 Å². The van der Waals surface area contributed by atoms with Gasteiger partial charge in [-0.15, -0.1) is 0 Å². The van der Waals surface area contributed by atoms with Crippen LogP contribution in [0.4, 0.5) is 5.69 Å². The van der Waals surface area contributed by atoms with Crippen molar-refractivity contribution in [3.05, 3.63) is 23.8 Å². The molecule has 1 rings (SSSR count). The summed E-state index contributed by atoms with van der Waals surface area (Å²) in [6, 6.07) is 5.90. The molecule has 1 atom stereocenters. The smallest absolute Gasteiger partial charge is 0.126 e. The largest absolute Gasteiger partial charge is 0.496 e. The van der Waals surface area contributed by atoms with Crippen molar-refractivity contribution in [2.45, 2.75) is 39.2 Å². The molecule has 0 unspecified atom stereocenters. The molecule has 102 valence electrons. The van der Waals surface area contributed by atoms with E-state index in [9.17, 15) is 5.11 Å². The summed E-state index contributed by atoms with van der Waals surface area (Å²) in [6.07, 6.45) is 3.10. The fraction of sp³-hybridized carbons (Fsp3) is 0.600. The predicted molar refractivity (Wildman–Crippen MR) is 76.4 cm³/mol. The van der Waals surface area contributed by atoms with Gasteiger partial charge in [-0.05, 0) is 25.5 Å². The van der Waals surface area contributed by atoms with Crippen molar-refractivity contribution < 1.29 is 9.84 Å². The molecule has 3 nitrogen and oxygen atoms in total. The predicted octanol–water partition coefficient (Wildman–Crippen LogP) is 3.37. The number of hydrogen-bond donors (Lipinski definition) is 1. The van der Waals surface area contributed by atoms with Gasteiger partial charge in [-0.1, -0.05) is 25.8 Å². The van der Waals surface area contributed by atoms with E-state index >= 15 is 0 Å². The molecule has 0 amide bonds. The minimum atomic E-state index is -0.523. The summed E-state index contributed by atoms with van der Waals surface area (Å²) >= 11 is 0. The average molecular weight is 251 g/mol. The highest BCUT2D eigenvalue weighted by atomic mass is 16.5. The van der Waals surface area contributed by atoms with Crippen LogP contribution >= 0.6 is 0 Å². The Morgan fingerprint density at radius 1 is 1.33 bits per heavy atom. The summed E-state index contributed by atoms with van der Waals surface area (Å²) in [5, 5.41) is 9.93. The molecule has 1 N–H and O–H groups in total. The van der Waals surface area contributed by atoms with Crippen molar-refractivity contribution in [2.24, 2.45) is 0 Å². The first kappa shape index (κ1) is 14.8. The third kappa shape index (κ3) is 3.64. The summed E-state index contributed by atoms with van der Waals surface area (Å²) in [4.78, 5) is 2.19. The first-order valence-electron chi connectivity index (χ1n) is 6.67. The number of hydrogen-bond acceptors (Lipinski definition) is 3. The molecule has 0 fully saturated rings. The Bertz CT molecular complexity index is 364. The van der Waals surface area contributed by atoms with Crippen molar-refractivity contribution in [1.82, 2.24) is 0 Å². The van der Waals surface area contributed by atoms with E-state index in [0.29, 0.717) is 0 Å². The number of anilines is 1. The van der Waals surface area contributed by atoms with Crippen LogP contribution in [0, 0.1) is 0 Å². The van der Waals surface area contributed by atoms with Crippen molar-refractivity contribution in [1.29, 1.82) is 0 Å². The van der Waals surface area contributed by atoms with Crippen LogP contribution < -0.4 is 9.64 Å². The Morgan fingerprint density at radius 3 is 2.61 bits per heavy atom. The zero-order valence-electron chi connectivity index (χ0n) is 11.9. The fourth-order valence-electron chi connectivity index (χ4n) is 2.18. The van der Waals surface area contributed by atoms with Gasteiger partial charge >= 0.3 is 0 Å². The highest BCUT2D eigenvalue weighted by molar-refractivity contribution is 5.60. The number of aliphatic hydroxyl groups excluding tert-OH is 1. The van der Waals surface area contributed by atoms with Gasteiger partial charge in [0.2, 0.25) is 0 Å². The zero-order chi connectivity index (χ0) is 13.5. The summed E-state index contributed by atoms with van der Waals surface area (Å²) in [6.45, 7) is 4.98. The number of methoxy groups -OCH3 is 1. The van der Waals surface area contributed by atoms with E-state index in [1.165, 1.54) is 19.3 Å². The van der Waals surface area contributed by atoms with Crippen molar-refractivity contribution in [3.63, 3.8) is 0 Å². The number of benzene rings is 1. The topological polar surface area (TPSA) is 32.7 Å². The van der Waals surface area contributed by atoms with Crippen LogP contribution in [0.15, 0.2) is 18.2 Å². The molecule has 0 saturated carbocycles. The number of aliphatic hydroxyl groups is 1. The first-order chi connectivity index (χ1) is 8.61. The molecule has 0 bridgehead atoms. The van der Waals surface area contributed by atoms with Gasteiger partial charge in [0.1, 0.15) is 5.75 Å². The molecule has 1 aromatic rings. The maximum Gasteiger partial charge on any atom is 0.126 e. The lowest BCUT2D eigenvalue weighted by molar-refractivity contribution is 0.194.